The van der Waals surface area contributed by atoms with Gasteiger partial charge in [0, 0.05) is 26.4 Å². The van der Waals surface area contributed by atoms with Crippen molar-refractivity contribution in [3.05, 3.63) is 0 Å². The second kappa shape index (κ2) is 9.46. The van der Waals surface area contributed by atoms with Gasteiger partial charge in [-0.25, -0.2) is 0 Å². The van der Waals surface area contributed by atoms with E-state index in [0.29, 0.717) is 0 Å². The molecule has 8 heteroatoms. The highest BCUT2D eigenvalue weighted by molar-refractivity contribution is 5.71. The van der Waals surface area contributed by atoms with Crippen LogP contribution >= 0.6 is 0 Å². The number of hydrogen-bond acceptors (Lipinski definition) is 8. The maximum atomic E-state index is 11.7. The van der Waals surface area contributed by atoms with Crippen LogP contribution in [0, 0.1) is 0 Å². The van der Waals surface area contributed by atoms with E-state index in [2.05, 4.69) is 0 Å². The Hall–Kier alpha value is -1.67. The minimum absolute atomic E-state index is 0.0217. The average molecular weight is 332 g/mol. The van der Waals surface area contributed by atoms with Crippen LogP contribution in [0.3, 0.4) is 0 Å². The molecular weight excluding hydrogens is 308 g/mol. The Morgan fingerprint density at radius 3 is 1.83 bits per heavy atom. The topological polar surface area (TPSA) is 97.4 Å². The third-order valence-corrected chi connectivity index (χ3v) is 3.30. The molecule has 4 atom stereocenters. The Labute approximate surface area is 135 Å². The van der Waals surface area contributed by atoms with Crippen LogP contribution in [0.15, 0.2) is 0 Å². The predicted octanol–water partition coefficient (Wildman–Crippen LogP) is 0.954. The van der Waals surface area contributed by atoms with Gasteiger partial charge in [0.25, 0.3) is 0 Å². The summed E-state index contributed by atoms with van der Waals surface area (Å²) >= 11 is 0. The zero-order chi connectivity index (χ0) is 17.4. The van der Waals surface area contributed by atoms with E-state index in [1.165, 1.54) is 7.11 Å². The van der Waals surface area contributed by atoms with Crippen molar-refractivity contribution in [2.24, 2.45) is 0 Å². The van der Waals surface area contributed by atoms with Gasteiger partial charge in [-0.05, 0) is 0 Å². The van der Waals surface area contributed by atoms with Crippen LogP contribution in [0.25, 0.3) is 0 Å². The molecule has 0 aliphatic carbocycles. The highest BCUT2D eigenvalue weighted by Gasteiger charge is 2.47. The lowest BCUT2D eigenvalue weighted by Gasteiger charge is -2.40. The summed E-state index contributed by atoms with van der Waals surface area (Å²) in [5.41, 5.74) is 0. The van der Waals surface area contributed by atoms with Crippen molar-refractivity contribution in [3.8, 4) is 0 Å². The van der Waals surface area contributed by atoms with Crippen LogP contribution in [0.1, 0.15) is 40.0 Å². The highest BCUT2D eigenvalue weighted by atomic mass is 16.7. The van der Waals surface area contributed by atoms with Gasteiger partial charge >= 0.3 is 17.9 Å². The summed E-state index contributed by atoms with van der Waals surface area (Å²) in [7, 11) is 1.38. The Balaban J connectivity index is 2.99. The molecule has 0 aromatic carbocycles. The summed E-state index contributed by atoms with van der Waals surface area (Å²) in [5.74, 6) is -1.46. The first-order valence-corrected chi connectivity index (χ1v) is 7.69. The van der Waals surface area contributed by atoms with E-state index >= 15 is 0 Å². The van der Waals surface area contributed by atoms with E-state index in [9.17, 15) is 14.4 Å². The highest BCUT2D eigenvalue weighted by Crippen LogP contribution is 2.25. The molecule has 0 spiro atoms. The van der Waals surface area contributed by atoms with Gasteiger partial charge in [-0.15, -0.1) is 0 Å². The van der Waals surface area contributed by atoms with Gasteiger partial charge in [-0.1, -0.05) is 20.8 Å². The Morgan fingerprint density at radius 2 is 1.35 bits per heavy atom. The molecule has 0 radical (unpaired) electrons. The number of ether oxygens (including phenoxy) is 5. The summed E-state index contributed by atoms with van der Waals surface area (Å²) in [6.07, 6.45) is -3.31. The summed E-state index contributed by atoms with van der Waals surface area (Å²) in [4.78, 5) is 34.9. The minimum atomic E-state index is -1.01. The van der Waals surface area contributed by atoms with Crippen LogP contribution in [0.4, 0.5) is 0 Å². The van der Waals surface area contributed by atoms with Gasteiger partial charge in [0.1, 0.15) is 0 Å². The molecule has 1 heterocycles. The summed E-state index contributed by atoms with van der Waals surface area (Å²) in [6, 6.07) is 0. The lowest BCUT2D eigenvalue weighted by molar-refractivity contribution is -0.275. The van der Waals surface area contributed by atoms with Crippen LogP contribution < -0.4 is 0 Å². The van der Waals surface area contributed by atoms with Gasteiger partial charge < -0.3 is 23.7 Å². The van der Waals surface area contributed by atoms with Crippen molar-refractivity contribution in [2.45, 2.75) is 64.6 Å². The summed E-state index contributed by atoms with van der Waals surface area (Å²) in [6.45, 7) is 4.89. The second-order valence-electron chi connectivity index (χ2n) is 4.94. The maximum Gasteiger partial charge on any atom is 0.306 e. The lowest BCUT2D eigenvalue weighted by atomic mass is 10.0. The summed E-state index contributed by atoms with van der Waals surface area (Å²) in [5, 5.41) is 0. The normalized spacial score (nSPS) is 27.1. The second-order valence-corrected chi connectivity index (χ2v) is 4.94. The molecule has 23 heavy (non-hydrogen) atoms. The quantitative estimate of drug-likeness (QED) is 0.502. The molecule has 0 amide bonds. The SMILES string of the molecule is CCC(=O)O[C@@H]1[C@H](OC)OC[C@@H](OC(=O)CC)[C@H]1OC(=O)CC. The van der Waals surface area contributed by atoms with Crippen LogP contribution in [-0.4, -0.2) is 56.2 Å². The van der Waals surface area contributed by atoms with E-state index in [1.54, 1.807) is 20.8 Å². The monoisotopic (exact) mass is 332 g/mol. The molecule has 1 aliphatic heterocycles. The Bertz CT molecular complexity index is 422. The third-order valence-electron chi connectivity index (χ3n) is 3.30. The first-order chi connectivity index (χ1) is 11.0. The number of hydrogen-bond donors (Lipinski definition) is 0. The average Bonchev–Trinajstić information content (AvgIpc) is 2.56. The van der Waals surface area contributed by atoms with E-state index < -0.39 is 42.5 Å². The van der Waals surface area contributed by atoms with Crippen molar-refractivity contribution < 1.29 is 38.1 Å². The molecule has 8 nitrogen and oxygen atoms in total. The molecule has 0 aromatic rings. The van der Waals surface area contributed by atoms with Crippen LogP contribution in [0.5, 0.6) is 0 Å². The Morgan fingerprint density at radius 1 is 0.870 bits per heavy atom. The van der Waals surface area contributed by atoms with Gasteiger partial charge in [-0.3, -0.25) is 14.4 Å². The number of rotatable bonds is 7. The first-order valence-electron chi connectivity index (χ1n) is 7.69. The fourth-order valence-corrected chi connectivity index (χ4v) is 2.04. The maximum absolute atomic E-state index is 11.7. The van der Waals surface area contributed by atoms with Crippen LogP contribution in [0.2, 0.25) is 0 Å². The molecule has 0 unspecified atom stereocenters. The van der Waals surface area contributed by atoms with Crippen molar-refractivity contribution in [3.63, 3.8) is 0 Å². The van der Waals surface area contributed by atoms with E-state index in [-0.39, 0.29) is 25.9 Å². The molecule has 1 rings (SSSR count). The fourth-order valence-electron chi connectivity index (χ4n) is 2.04. The van der Waals surface area contributed by atoms with Crippen LogP contribution in [-0.2, 0) is 38.1 Å². The standard InChI is InChI=1S/C15H24O8/c1-5-10(16)21-9-8-20-15(19-4)14(23-12(18)7-3)13(9)22-11(17)6-2/h9,13-15H,5-8H2,1-4H3/t9-,13-,14+,15-/m1/s1. The largest absolute Gasteiger partial charge is 0.456 e. The van der Waals surface area contributed by atoms with Gasteiger partial charge in [0.05, 0.1) is 6.61 Å². The number of methoxy groups -OCH3 is 1. The van der Waals surface area contributed by atoms with Gasteiger partial charge in [-0.2, -0.15) is 0 Å². The van der Waals surface area contributed by atoms with Crippen molar-refractivity contribution >= 4 is 17.9 Å². The molecule has 0 aromatic heterocycles. The zero-order valence-electron chi connectivity index (χ0n) is 13.9. The molecule has 0 saturated carbocycles. The number of carbonyl (C=O) groups is 3. The summed E-state index contributed by atoms with van der Waals surface area (Å²) < 4.78 is 26.4. The lowest BCUT2D eigenvalue weighted by Crippen LogP contribution is -2.58. The number of esters is 3. The molecule has 0 N–H and O–H groups in total. The van der Waals surface area contributed by atoms with Crippen molar-refractivity contribution in [1.29, 1.82) is 0 Å². The molecular formula is C15H24O8. The van der Waals surface area contributed by atoms with E-state index in [4.69, 9.17) is 23.7 Å². The zero-order valence-corrected chi connectivity index (χ0v) is 13.9. The smallest absolute Gasteiger partial charge is 0.306 e. The fraction of sp³-hybridized carbons (Fsp3) is 0.800. The molecule has 1 saturated heterocycles. The third kappa shape index (κ3) is 5.47. The van der Waals surface area contributed by atoms with E-state index in [0.717, 1.165) is 0 Å². The first kappa shape index (κ1) is 19.4. The van der Waals surface area contributed by atoms with Crippen molar-refractivity contribution in [1.82, 2.24) is 0 Å². The number of carbonyl (C=O) groups excluding carboxylic acids is 3. The van der Waals surface area contributed by atoms with Crippen molar-refractivity contribution in [2.75, 3.05) is 13.7 Å². The molecule has 0 bridgehead atoms. The van der Waals surface area contributed by atoms with Gasteiger partial charge in [0.2, 0.25) is 0 Å². The molecule has 132 valence electrons. The molecule has 1 aliphatic rings. The Kier molecular flexibility index (Phi) is 7.97. The molecule has 1 fully saturated rings. The van der Waals surface area contributed by atoms with E-state index in [1.807, 2.05) is 0 Å². The predicted molar refractivity (Wildman–Crippen MR) is 77.3 cm³/mol. The van der Waals surface area contributed by atoms with Gasteiger partial charge in [0.15, 0.2) is 24.6 Å². The minimum Gasteiger partial charge on any atom is -0.456 e.